The summed E-state index contributed by atoms with van der Waals surface area (Å²) in [6.45, 7) is 0.175. The molecular weight excluding hydrogens is 514 g/mol. The van der Waals surface area contributed by atoms with Crippen LogP contribution in [0.1, 0.15) is 33.9 Å². The van der Waals surface area contributed by atoms with Crippen LogP contribution in [0.3, 0.4) is 0 Å². The van der Waals surface area contributed by atoms with Crippen LogP contribution in [0.4, 0.5) is 5.69 Å². The number of hydrogen-bond acceptors (Lipinski definition) is 6. The van der Waals surface area contributed by atoms with Gasteiger partial charge in [-0.05, 0) is 91.1 Å². The Bertz CT molecular complexity index is 1560. The summed E-state index contributed by atoms with van der Waals surface area (Å²) in [5, 5.41) is 3.11. The minimum atomic E-state index is -3.87. The molecule has 0 bridgehead atoms. The van der Waals surface area contributed by atoms with Crippen molar-refractivity contribution in [3.63, 3.8) is 0 Å². The van der Waals surface area contributed by atoms with Crippen LogP contribution in [-0.2, 0) is 29.3 Å². The van der Waals surface area contributed by atoms with Gasteiger partial charge in [-0.1, -0.05) is 17.7 Å². The van der Waals surface area contributed by atoms with Gasteiger partial charge in [0.2, 0.25) is 9.84 Å². The molecule has 3 aromatic carbocycles. The maximum atomic E-state index is 13.1. The maximum absolute atomic E-state index is 13.1. The minimum absolute atomic E-state index is 0.0349. The third-order valence-corrected chi connectivity index (χ3v) is 8.15. The van der Waals surface area contributed by atoms with Gasteiger partial charge in [0.15, 0.2) is 5.76 Å². The highest BCUT2D eigenvalue weighted by Gasteiger charge is 2.21. The van der Waals surface area contributed by atoms with Crippen LogP contribution in [0, 0.1) is 0 Å². The van der Waals surface area contributed by atoms with Gasteiger partial charge in [-0.2, -0.15) is 0 Å². The molecule has 0 saturated heterocycles. The van der Waals surface area contributed by atoms with Crippen molar-refractivity contribution in [1.82, 2.24) is 0 Å². The molecule has 1 N–H and O–H groups in total. The van der Waals surface area contributed by atoms with Gasteiger partial charge in [0.05, 0.1) is 16.9 Å². The van der Waals surface area contributed by atoms with Crippen LogP contribution in [0.25, 0.3) is 0 Å². The van der Waals surface area contributed by atoms with Crippen molar-refractivity contribution in [2.24, 2.45) is 0 Å². The van der Waals surface area contributed by atoms with Crippen molar-refractivity contribution < 1.29 is 27.1 Å². The van der Waals surface area contributed by atoms with Crippen LogP contribution in [-0.4, -0.2) is 21.4 Å². The van der Waals surface area contributed by atoms with Crippen LogP contribution in [0.5, 0.6) is 11.5 Å². The molecule has 4 aromatic rings. The SMILES string of the molecule is COc1cc(NC(=O)c2ccc(COc3ccc4c(c3)CCC4)o2)cc(S(=O)(=O)c2ccc(Cl)cc2)c1. The predicted octanol–water partition coefficient (Wildman–Crippen LogP) is 6.09. The summed E-state index contributed by atoms with van der Waals surface area (Å²) < 4.78 is 43.0. The zero-order valence-corrected chi connectivity index (χ0v) is 21.6. The van der Waals surface area contributed by atoms with E-state index >= 15 is 0 Å². The van der Waals surface area contributed by atoms with E-state index in [9.17, 15) is 13.2 Å². The molecule has 9 heteroatoms. The van der Waals surface area contributed by atoms with E-state index < -0.39 is 15.7 Å². The second kappa shape index (κ2) is 10.3. The zero-order chi connectivity index (χ0) is 26.0. The zero-order valence-electron chi connectivity index (χ0n) is 20.0. The Morgan fingerprint density at radius 1 is 0.919 bits per heavy atom. The van der Waals surface area contributed by atoms with Gasteiger partial charge < -0.3 is 19.2 Å². The number of nitrogens with one attached hydrogen (secondary N) is 1. The lowest BCUT2D eigenvalue weighted by Gasteiger charge is -2.11. The Balaban J connectivity index is 1.29. The van der Waals surface area contributed by atoms with Crippen molar-refractivity contribution in [1.29, 1.82) is 0 Å². The van der Waals surface area contributed by atoms with Gasteiger partial charge in [-0.25, -0.2) is 8.42 Å². The first-order chi connectivity index (χ1) is 17.8. The molecule has 0 aliphatic heterocycles. The van der Waals surface area contributed by atoms with Crippen molar-refractivity contribution >= 4 is 33.0 Å². The van der Waals surface area contributed by atoms with Crippen molar-refractivity contribution in [3.05, 3.63) is 100 Å². The lowest BCUT2D eigenvalue weighted by Crippen LogP contribution is -2.12. The Morgan fingerprint density at radius 2 is 1.70 bits per heavy atom. The molecule has 37 heavy (non-hydrogen) atoms. The van der Waals surface area contributed by atoms with Gasteiger partial charge in [0.25, 0.3) is 5.91 Å². The second-order valence-electron chi connectivity index (χ2n) is 8.65. The summed E-state index contributed by atoms with van der Waals surface area (Å²) in [5.41, 5.74) is 2.92. The number of carbonyl (C=O) groups excluding carboxylic acids is 1. The van der Waals surface area contributed by atoms with E-state index in [1.54, 1.807) is 12.1 Å². The third kappa shape index (κ3) is 5.50. The number of carbonyl (C=O) groups is 1. The van der Waals surface area contributed by atoms with Crippen molar-refractivity contribution in [2.75, 3.05) is 12.4 Å². The number of amides is 1. The lowest BCUT2D eigenvalue weighted by atomic mass is 10.1. The molecule has 0 fully saturated rings. The van der Waals surface area contributed by atoms with E-state index in [1.807, 2.05) is 6.07 Å². The fraction of sp³-hybridized carbons (Fsp3) is 0.179. The summed E-state index contributed by atoms with van der Waals surface area (Å²) in [6, 6.07) is 19.4. The lowest BCUT2D eigenvalue weighted by molar-refractivity contribution is 0.0992. The number of benzene rings is 3. The molecule has 5 rings (SSSR count). The van der Waals surface area contributed by atoms with Gasteiger partial charge in [0, 0.05) is 16.8 Å². The first-order valence-electron chi connectivity index (χ1n) is 11.7. The third-order valence-electron chi connectivity index (χ3n) is 6.14. The number of furan rings is 1. The molecule has 1 heterocycles. The molecule has 0 spiro atoms. The summed E-state index contributed by atoms with van der Waals surface area (Å²) in [7, 11) is -2.46. The predicted molar refractivity (Wildman–Crippen MR) is 139 cm³/mol. The van der Waals surface area contributed by atoms with Crippen LogP contribution >= 0.6 is 11.6 Å². The number of halogens is 1. The Labute approximate surface area is 219 Å². The number of rotatable bonds is 8. The molecule has 0 saturated carbocycles. The highest BCUT2D eigenvalue weighted by molar-refractivity contribution is 7.91. The largest absolute Gasteiger partial charge is 0.497 e. The molecule has 1 aliphatic rings. The fourth-order valence-electron chi connectivity index (χ4n) is 4.23. The summed E-state index contributed by atoms with van der Waals surface area (Å²) >= 11 is 5.89. The van der Waals surface area contributed by atoms with E-state index in [0.29, 0.717) is 10.8 Å². The number of sulfone groups is 1. The monoisotopic (exact) mass is 537 g/mol. The van der Waals surface area contributed by atoms with Gasteiger partial charge in [-0.15, -0.1) is 0 Å². The molecular formula is C28H24ClNO6S. The first kappa shape index (κ1) is 24.9. The number of hydrogen-bond donors (Lipinski definition) is 1. The normalized spacial score (nSPS) is 12.7. The number of ether oxygens (including phenoxy) is 2. The summed E-state index contributed by atoms with van der Waals surface area (Å²) in [5.74, 6) is 1.05. The molecule has 7 nitrogen and oxygen atoms in total. The number of anilines is 1. The molecule has 1 amide bonds. The maximum Gasteiger partial charge on any atom is 0.291 e. The quantitative estimate of drug-likeness (QED) is 0.292. The smallest absolute Gasteiger partial charge is 0.291 e. The fourth-order valence-corrected chi connectivity index (χ4v) is 5.68. The van der Waals surface area contributed by atoms with Gasteiger partial charge in [-0.3, -0.25) is 4.79 Å². The van der Waals surface area contributed by atoms with E-state index in [0.717, 1.165) is 25.0 Å². The van der Waals surface area contributed by atoms with E-state index in [2.05, 4.69) is 17.4 Å². The topological polar surface area (TPSA) is 94.8 Å². The highest BCUT2D eigenvalue weighted by atomic mass is 35.5. The molecule has 0 radical (unpaired) electrons. The van der Waals surface area contributed by atoms with E-state index in [-0.39, 0.29) is 33.6 Å². The van der Waals surface area contributed by atoms with E-state index in [1.165, 1.54) is 60.7 Å². The first-order valence-corrected chi connectivity index (χ1v) is 13.5. The summed E-state index contributed by atoms with van der Waals surface area (Å²) in [4.78, 5) is 12.9. The standard InChI is InChI=1S/C28H24ClNO6S/c1-34-24-14-21(15-26(16-24)37(32,33)25-10-6-20(29)7-11-25)30-28(31)27-12-9-23(36-27)17-35-22-8-5-18-3-2-4-19(18)13-22/h5-16H,2-4,17H2,1H3,(H,30,31). The molecule has 1 aromatic heterocycles. The summed E-state index contributed by atoms with van der Waals surface area (Å²) in [6.07, 6.45) is 3.33. The van der Waals surface area contributed by atoms with Crippen molar-refractivity contribution in [3.8, 4) is 11.5 Å². The van der Waals surface area contributed by atoms with Gasteiger partial charge in [0.1, 0.15) is 23.9 Å². The molecule has 1 aliphatic carbocycles. The number of fused-ring (bicyclic) bond motifs is 1. The van der Waals surface area contributed by atoms with Crippen LogP contribution < -0.4 is 14.8 Å². The van der Waals surface area contributed by atoms with Crippen molar-refractivity contribution in [2.45, 2.75) is 35.7 Å². The molecule has 190 valence electrons. The molecule has 0 unspecified atom stereocenters. The Kier molecular flexibility index (Phi) is 6.95. The number of aryl methyl sites for hydroxylation is 2. The average molecular weight is 538 g/mol. The van der Waals surface area contributed by atoms with Gasteiger partial charge >= 0.3 is 0 Å². The second-order valence-corrected chi connectivity index (χ2v) is 11.0. The van der Waals surface area contributed by atoms with Crippen LogP contribution in [0.2, 0.25) is 5.02 Å². The van der Waals surface area contributed by atoms with E-state index in [4.69, 9.17) is 25.5 Å². The Morgan fingerprint density at radius 3 is 2.49 bits per heavy atom. The number of methoxy groups -OCH3 is 1. The average Bonchev–Trinajstić information content (AvgIpc) is 3.57. The minimum Gasteiger partial charge on any atom is -0.497 e. The Hall–Kier alpha value is -3.75. The van der Waals surface area contributed by atoms with Crippen LogP contribution in [0.15, 0.2) is 87.0 Å². The highest BCUT2D eigenvalue weighted by Crippen LogP contribution is 2.30. The molecule has 0 atom stereocenters.